The third-order valence-electron chi connectivity index (χ3n) is 4.36. The molecular formula is C20H24BrN3O4. The van der Waals surface area contributed by atoms with Gasteiger partial charge >= 0.3 is 0 Å². The smallest absolute Gasteiger partial charge is 0.254 e. The van der Waals surface area contributed by atoms with Crippen LogP contribution in [0.25, 0.3) is 0 Å². The molecule has 8 heteroatoms. The summed E-state index contributed by atoms with van der Waals surface area (Å²) in [6.45, 7) is 2.05. The minimum Gasteiger partial charge on any atom is -0.380 e. The van der Waals surface area contributed by atoms with Gasteiger partial charge in [-0.25, -0.2) is 0 Å². The number of carbonyl (C=O) groups excluding carboxylic acids is 2. The third-order valence-corrected chi connectivity index (χ3v) is 4.88. The number of likely N-dealkylation sites (N-methyl/N-ethyl adjacent to an activating group) is 1. The van der Waals surface area contributed by atoms with E-state index < -0.39 is 24.0 Å². The van der Waals surface area contributed by atoms with E-state index in [2.05, 4.69) is 26.2 Å². The van der Waals surface area contributed by atoms with Crippen LogP contribution in [0.5, 0.6) is 0 Å². The standard InChI is InChI=1S/C20H24BrN3O4/c1-13(14-6-8-15(21)9-7-14)23-19(27)17(25)18(26)20(28)24(2)12-10-16-5-3-4-11-22-16/h3-9,11,13,17-18,25-26H,10,12H2,1-2H3,(H,23,27)/t13-,17+,18+/m0/s1. The molecule has 150 valence electrons. The largest absolute Gasteiger partial charge is 0.380 e. The van der Waals surface area contributed by atoms with Crippen LogP contribution < -0.4 is 5.32 Å². The zero-order valence-corrected chi connectivity index (χ0v) is 17.3. The summed E-state index contributed by atoms with van der Waals surface area (Å²) in [5.41, 5.74) is 1.63. The van der Waals surface area contributed by atoms with Gasteiger partial charge in [0.25, 0.3) is 11.8 Å². The lowest BCUT2D eigenvalue weighted by molar-refractivity contribution is -0.152. The molecule has 2 rings (SSSR count). The lowest BCUT2D eigenvalue weighted by Crippen LogP contribution is -2.50. The van der Waals surface area contributed by atoms with Crippen LogP contribution >= 0.6 is 15.9 Å². The Bertz CT molecular complexity index is 786. The van der Waals surface area contributed by atoms with Gasteiger partial charge in [0.1, 0.15) is 0 Å². The summed E-state index contributed by atoms with van der Waals surface area (Å²) in [5, 5.41) is 22.8. The number of halogens is 1. The number of rotatable bonds is 8. The van der Waals surface area contributed by atoms with Gasteiger partial charge < -0.3 is 20.4 Å². The van der Waals surface area contributed by atoms with Crippen LogP contribution in [0.3, 0.4) is 0 Å². The average Bonchev–Trinajstić information content (AvgIpc) is 2.71. The minimum atomic E-state index is -1.86. The second kappa shape index (κ2) is 10.3. The number of nitrogens with one attached hydrogen (secondary N) is 1. The van der Waals surface area contributed by atoms with Crippen molar-refractivity contribution in [3.8, 4) is 0 Å². The summed E-state index contributed by atoms with van der Waals surface area (Å²) in [4.78, 5) is 30.0. The van der Waals surface area contributed by atoms with Crippen molar-refractivity contribution >= 4 is 27.7 Å². The molecule has 1 aromatic carbocycles. The van der Waals surface area contributed by atoms with Crippen LogP contribution in [0.2, 0.25) is 0 Å². The fraction of sp³-hybridized carbons (Fsp3) is 0.350. The Hall–Kier alpha value is -2.29. The second-order valence-corrected chi connectivity index (χ2v) is 7.42. The maximum absolute atomic E-state index is 12.3. The number of aliphatic hydroxyl groups is 2. The third kappa shape index (κ3) is 6.12. The molecule has 0 unspecified atom stereocenters. The van der Waals surface area contributed by atoms with Gasteiger partial charge in [0, 0.05) is 36.4 Å². The first kappa shape index (κ1) is 22.0. The fourth-order valence-electron chi connectivity index (χ4n) is 2.58. The molecule has 1 heterocycles. The monoisotopic (exact) mass is 449 g/mol. The number of pyridine rings is 1. The van der Waals surface area contributed by atoms with E-state index in [4.69, 9.17) is 0 Å². The number of benzene rings is 1. The van der Waals surface area contributed by atoms with Gasteiger partial charge in [-0.1, -0.05) is 34.1 Å². The molecule has 0 fully saturated rings. The topological polar surface area (TPSA) is 103 Å². The van der Waals surface area contributed by atoms with E-state index in [1.54, 1.807) is 19.2 Å². The van der Waals surface area contributed by atoms with E-state index in [1.165, 1.54) is 11.9 Å². The highest BCUT2D eigenvalue weighted by Gasteiger charge is 2.32. The van der Waals surface area contributed by atoms with E-state index in [9.17, 15) is 19.8 Å². The SMILES string of the molecule is C[C@H](NC(=O)[C@H](O)[C@@H](O)C(=O)N(C)CCc1ccccn1)c1ccc(Br)cc1. The number of nitrogens with zero attached hydrogens (tertiary/aromatic N) is 2. The zero-order chi connectivity index (χ0) is 20.7. The van der Waals surface area contributed by atoms with Gasteiger partial charge in [0.2, 0.25) is 0 Å². The first-order valence-electron chi connectivity index (χ1n) is 8.86. The van der Waals surface area contributed by atoms with E-state index in [1.807, 2.05) is 36.4 Å². The highest BCUT2D eigenvalue weighted by molar-refractivity contribution is 9.10. The van der Waals surface area contributed by atoms with Crippen LogP contribution in [0.4, 0.5) is 0 Å². The molecule has 0 radical (unpaired) electrons. The molecule has 0 saturated heterocycles. The van der Waals surface area contributed by atoms with Crippen molar-refractivity contribution < 1.29 is 19.8 Å². The first-order valence-corrected chi connectivity index (χ1v) is 9.65. The van der Waals surface area contributed by atoms with Crippen LogP contribution in [0, 0.1) is 0 Å². The maximum atomic E-state index is 12.3. The van der Waals surface area contributed by atoms with Gasteiger partial charge in [-0.2, -0.15) is 0 Å². The molecule has 2 aromatic rings. The number of aromatic nitrogens is 1. The highest BCUT2D eigenvalue weighted by atomic mass is 79.9. The van der Waals surface area contributed by atoms with E-state index in [-0.39, 0.29) is 6.04 Å². The van der Waals surface area contributed by atoms with Crippen molar-refractivity contribution in [1.29, 1.82) is 0 Å². The molecular weight excluding hydrogens is 426 g/mol. The Morgan fingerprint density at radius 2 is 1.82 bits per heavy atom. The van der Waals surface area contributed by atoms with Crippen molar-refractivity contribution in [2.45, 2.75) is 31.6 Å². The van der Waals surface area contributed by atoms with Crippen LogP contribution in [-0.2, 0) is 16.0 Å². The number of amides is 2. The molecule has 0 bridgehead atoms. The summed E-state index contributed by atoms with van der Waals surface area (Å²) in [7, 11) is 1.50. The molecule has 28 heavy (non-hydrogen) atoms. The summed E-state index contributed by atoms with van der Waals surface area (Å²) in [6, 6.07) is 12.4. The van der Waals surface area contributed by atoms with Gasteiger partial charge in [-0.15, -0.1) is 0 Å². The summed E-state index contributed by atoms with van der Waals surface area (Å²) >= 11 is 3.34. The summed E-state index contributed by atoms with van der Waals surface area (Å²) < 4.78 is 0.907. The molecule has 0 spiro atoms. The highest BCUT2D eigenvalue weighted by Crippen LogP contribution is 2.16. The van der Waals surface area contributed by atoms with Crippen molar-refractivity contribution in [1.82, 2.24) is 15.2 Å². The Morgan fingerprint density at radius 3 is 2.43 bits per heavy atom. The van der Waals surface area contributed by atoms with Crippen molar-refractivity contribution in [3.63, 3.8) is 0 Å². The van der Waals surface area contributed by atoms with Gasteiger partial charge in [0.05, 0.1) is 6.04 Å². The van der Waals surface area contributed by atoms with Crippen molar-refractivity contribution in [2.24, 2.45) is 0 Å². The van der Waals surface area contributed by atoms with Crippen LogP contribution in [0.15, 0.2) is 53.1 Å². The Morgan fingerprint density at radius 1 is 1.14 bits per heavy atom. The van der Waals surface area contributed by atoms with Gasteiger partial charge in [0.15, 0.2) is 12.2 Å². The summed E-state index contributed by atoms with van der Waals surface area (Å²) in [6.07, 6.45) is -1.54. The molecule has 0 aliphatic carbocycles. The predicted octanol–water partition coefficient (Wildman–Crippen LogP) is 1.44. The molecule has 0 saturated carbocycles. The zero-order valence-electron chi connectivity index (χ0n) is 15.7. The number of hydrogen-bond acceptors (Lipinski definition) is 5. The molecule has 0 aliphatic heterocycles. The van der Waals surface area contributed by atoms with Crippen LogP contribution in [0.1, 0.15) is 24.2 Å². The van der Waals surface area contributed by atoms with E-state index >= 15 is 0 Å². The Kier molecular flexibility index (Phi) is 8.10. The van der Waals surface area contributed by atoms with Gasteiger partial charge in [-0.3, -0.25) is 14.6 Å². The van der Waals surface area contributed by atoms with Gasteiger partial charge in [-0.05, 0) is 36.8 Å². The number of carbonyl (C=O) groups is 2. The van der Waals surface area contributed by atoms with Crippen molar-refractivity contribution in [3.05, 3.63) is 64.4 Å². The number of aliphatic hydroxyl groups excluding tert-OH is 2. The van der Waals surface area contributed by atoms with Crippen LogP contribution in [-0.4, -0.2) is 57.7 Å². The van der Waals surface area contributed by atoms with Crippen molar-refractivity contribution in [2.75, 3.05) is 13.6 Å². The predicted molar refractivity (Wildman–Crippen MR) is 108 cm³/mol. The fourth-order valence-corrected chi connectivity index (χ4v) is 2.84. The quantitative estimate of drug-likeness (QED) is 0.565. The second-order valence-electron chi connectivity index (χ2n) is 6.50. The minimum absolute atomic E-state index is 0.302. The molecule has 3 atom stereocenters. The Labute approximate surface area is 172 Å². The molecule has 7 nitrogen and oxygen atoms in total. The molecule has 2 amide bonds. The maximum Gasteiger partial charge on any atom is 0.254 e. The summed E-state index contributed by atoms with van der Waals surface area (Å²) in [5.74, 6) is -1.54. The molecule has 1 aromatic heterocycles. The lowest BCUT2D eigenvalue weighted by atomic mass is 10.1. The number of hydrogen-bond donors (Lipinski definition) is 3. The molecule has 0 aliphatic rings. The molecule has 3 N–H and O–H groups in total. The lowest BCUT2D eigenvalue weighted by Gasteiger charge is -2.24. The Balaban J connectivity index is 1.88. The average molecular weight is 450 g/mol. The normalized spacial score (nSPS) is 14.0. The first-order chi connectivity index (χ1) is 13.3. The van der Waals surface area contributed by atoms with E-state index in [0.29, 0.717) is 13.0 Å². The van der Waals surface area contributed by atoms with E-state index in [0.717, 1.165) is 15.7 Å².